The number of nitrogens with one attached hydrogen (secondary N) is 2. The van der Waals surface area contributed by atoms with Gasteiger partial charge in [-0.2, -0.15) is 0 Å². The monoisotopic (exact) mass is 305 g/mol. The van der Waals surface area contributed by atoms with Crippen LogP contribution in [0.1, 0.15) is 41.0 Å². The van der Waals surface area contributed by atoms with Crippen molar-refractivity contribution in [3.8, 4) is 0 Å². The van der Waals surface area contributed by atoms with Gasteiger partial charge in [0, 0.05) is 23.7 Å². The van der Waals surface area contributed by atoms with Crippen LogP contribution in [0.3, 0.4) is 0 Å². The first-order valence-electron chi connectivity index (χ1n) is 7.38. The van der Waals surface area contributed by atoms with Crippen molar-refractivity contribution >= 4 is 6.03 Å². The summed E-state index contributed by atoms with van der Waals surface area (Å²) in [5.41, 5.74) is 2.91. The Hall–Kier alpha value is -2.24. The fraction of sp³-hybridized carbons (Fsp3) is 0.500. The molecule has 2 amide bonds. The van der Waals surface area contributed by atoms with Gasteiger partial charge in [-0.25, -0.2) is 4.79 Å². The number of hydrogen-bond acceptors (Lipinski definition) is 4. The average molecular weight is 305 g/mol. The van der Waals surface area contributed by atoms with Gasteiger partial charge in [-0.15, -0.1) is 0 Å². The first-order chi connectivity index (χ1) is 10.4. The Morgan fingerprint density at radius 1 is 1.27 bits per heavy atom. The molecule has 22 heavy (non-hydrogen) atoms. The number of nitrogens with zero attached hydrogens (tertiary/aromatic N) is 1. The van der Waals surface area contributed by atoms with Crippen LogP contribution >= 0.6 is 0 Å². The minimum Gasteiger partial charge on any atom is -0.466 e. The zero-order valence-electron chi connectivity index (χ0n) is 13.7. The molecule has 6 nitrogen and oxygen atoms in total. The Bertz CT molecular complexity index is 638. The zero-order chi connectivity index (χ0) is 16.3. The molecule has 0 aliphatic carbocycles. The Labute approximate surface area is 130 Å². The minimum absolute atomic E-state index is 0.0102. The van der Waals surface area contributed by atoms with Crippen LogP contribution in [-0.4, -0.2) is 17.2 Å². The third-order valence-corrected chi connectivity index (χ3v) is 3.65. The van der Waals surface area contributed by atoms with Crippen molar-refractivity contribution < 1.29 is 13.7 Å². The summed E-state index contributed by atoms with van der Waals surface area (Å²) in [6.45, 7) is 9.98. The van der Waals surface area contributed by atoms with Crippen molar-refractivity contribution in [2.45, 2.75) is 53.6 Å². The second-order valence-electron chi connectivity index (χ2n) is 5.67. The Kier molecular flexibility index (Phi) is 4.90. The molecule has 0 unspecified atom stereocenters. The maximum Gasteiger partial charge on any atom is 0.315 e. The summed E-state index contributed by atoms with van der Waals surface area (Å²) in [5.74, 6) is 2.49. The van der Waals surface area contributed by atoms with Gasteiger partial charge in [-0.3, -0.25) is 0 Å². The van der Waals surface area contributed by atoms with Crippen LogP contribution < -0.4 is 10.6 Å². The SMILES string of the molecule is Cc1cc(CNC(=O)N[C@@H](C)Cc2c(C)noc2C)c(C)o1. The molecule has 0 bridgehead atoms. The molecule has 120 valence electrons. The van der Waals surface area contributed by atoms with E-state index >= 15 is 0 Å². The highest BCUT2D eigenvalue weighted by atomic mass is 16.5. The van der Waals surface area contributed by atoms with Crippen LogP contribution in [-0.2, 0) is 13.0 Å². The van der Waals surface area contributed by atoms with Gasteiger partial charge in [-0.05, 0) is 47.1 Å². The number of urea groups is 1. The normalized spacial score (nSPS) is 12.2. The predicted molar refractivity (Wildman–Crippen MR) is 82.7 cm³/mol. The maximum absolute atomic E-state index is 12.0. The summed E-state index contributed by atoms with van der Waals surface area (Å²) in [4.78, 5) is 12.0. The number of amides is 2. The molecule has 0 saturated carbocycles. The van der Waals surface area contributed by atoms with E-state index in [0.29, 0.717) is 13.0 Å². The van der Waals surface area contributed by atoms with E-state index in [2.05, 4.69) is 15.8 Å². The van der Waals surface area contributed by atoms with Crippen LogP contribution in [0.5, 0.6) is 0 Å². The van der Waals surface area contributed by atoms with Crippen molar-refractivity contribution in [3.05, 3.63) is 40.2 Å². The molecule has 0 aromatic carbocycles. The van der Waals surface area contributed by atoms with E-state index in [1.165, 1.54) is 0 Å². The molecule has 2 heterocycles. The smallest absolute Gasteiger partial charge is 0.315 e. The van der Waals surface area contributed by atoms with Gasteiger partial charge in [0.05, 0.1) is 5.69 Å². The lowest BCUT2D eigenvalue weighted by atomic mass is 10.1. The van der Waals surface area contributed by atoms with E-state index in [1.807, 2.05) is 40.7 Å². The first kappa shape index (κ1) is 16.1. The quantitative estimate of drug-likeness (QED) is 0.890. The van der Waals surface area contributed by atoms with Crippen LogP contribution in [0.2, 0.25) is 0 Å². The highest BCUT2D eigenvalue weighted by Crippen LogP contribution is 2.15. The summed E-state index contributed by atoms with van der Waals surface area (Å²) in [6.07, 6.45) is 0.693. The number of hydrogen-bond donors (Lipinski definition) is 2. The number of carbonyl (C=O) groups is 1. The molecule has 0 aliphatic heterocycles. The third-order valence-electron chi connectivity index (χ3n) is 3.65. The van der Waals surface area contributed by atoms with Crippen LogP contribution in [0.25, 0.3) is 0 Å². The van der Waals surface area contributed by atoms with E-state index in [-0.39, 0.29) is 12.1 Å². The highest BCUT2D eigenvalue weighted by molar-refractivity contribution is 5.74. The predicted octanol–water partition coefficient (Wildman–Crippen LogP) is 2.93. The lowest BCUT2D eigenvalue weighted by Crippen LogP contribution is -2.41. The van der Waals surface area contributed by atoms with Gasteiger partial charge < -0.3 is 19.6 Å². The molecular weight excluding hydrogens is 282 g/mol. The molecule has 2 aromatic rings. The van der Waals surface area contributed by atoms with Crippen LogP contribution in [0, 0.1) is 27.7 Å². The van der Waals surface area contributed by atoms with Gasteiger partial charge >= 0.3 is 6.03 Å². The molecule has 2 N–H and O–H groups in total. The molecule has 1 atom stereocenters. The van der Waals surface area contributed by atoms with Crippen LogP contribution in [0.15, 0.2) is 15.0 Å². The van der Waals surface area contributed by atoms with E-state index < -0.39 is 0 Å². The van der Waals surface area contributed by atoms with Gasteiger partial charge in [-0.1, -0.05) is 5.16 Å². The molecule has 0 radical (unpaired) electrons. The Morgan fingerprint density at radius 3 is 2.55 bits per heavy atom. The lowest BCUT2D eigenvalue weighted by Gasteiger charge is -2.14. The summed E-state index contributed by atoms with van der Waals surface area (Å²) in [7, 11) is 0. The van der Waals surface area contributed by atoms with Gasteiger partial charge in [0.25, 0.3) is 0 Å². The molecule has 0 saturated heterocycles. The number of aromatic nitrogens is 1. The largest absolute Gasteiger partial charge is 0.466 e. The Morgan fingerprint density at radius 2 is 2.00 bits per heavy atom. The first-order valence-corrected chi connectivity index (χ1v) is 7.38. The summed E-state index contributed by atoms with van der Waals surface area (Å²) in [5, 5.41) is 9.69. The zero-order valence-corrected chi connectivity index (χ0v) is 13.7. The number of furan rings is 1. The number of rotatable bonds is 5. The van der Waals surface area contributed by atoms with Crippen molar-refractivity contribution in [1.29, 1.82) is 0 Å². The second kappa shape index (κ2) is 6.68. The van der Waals surface area contributed by atoms with Gasteiger partial charge in [0.15, 0.2) is 0 Å². The highest BCUT2D eigenvalue weighted by Gasteiger charge is 2.15. The molecule has 6 heteroatoms. The molecular formula is C16H23N3O3. The Balaban J connectivity index is 1.83. The van der Waals surface area contributed by atoms with Crippen molar-refractivity contribution in [2.24, 2.45) is 0 Å². The molecule has 0 fully saturated rings. The van der Waals surface area contributed by atoms with E-state index in [9.17, 15) is 4.79 Å². The number of aryl methyl sites for hydroxylation is 4. The third kappa shape index (κ3) is 3.90. The van der Waals surface area contributed by atoms with Crippen LogP contribution in [0.4, 0.5) is 4.79 Å². The summed E-state index contributed by atoms with van der Waals surface area (Å²) in [6, 6.07) is 1.73. The molecule has 2 rings (SSSR count). The summed E-state index contributed by atoms with van der Waals surface area (Å²) < 4.78 is 10.6. The fourth-order valence-electron chi connectivity index (χ4n) is 2.46. The standard InChI is InChI=1S/C16H23N3O3/c1-9(6-15-11(3)19-22-13(15)5)18-16(20)17-8-14-7-10(2)21-12(14)4/h7,9H,6,8H2,1-5H3,(H2,17,18,20)/t9-/m0/s1. The van der Waals surface area contributed by atoms with E-state index in [0.717, 1.165) is 34.1 Å². The molecule has 2 aromatic heterocycles. The van der Waals surface area contributed by atoms with Gasteiger partial charge in [0.1, 0.15) is 17.3 Å². The number of carbonyl (C=O) groups excluding carboxylic acids is 1. The maximum atomic E-state index is 12.0. The van der Waals surface area contributed by atoms with E-state index in [4.69, 9.17) is 8.94 Å². The summed E-state index contributed by atoms with van der Waals surface area (Å²) >= 11 is 0. The average Bonchev–Trinajstić information content (AvgIpc) is 2.92. The van der Waals surface area contributed by atoms with Crippen molar-refractivity contribution in [2.75, 3.05) is 0 Å². The molecule has 0 spiro atoms. The lowest BCUT2D eigenvalue weighted by molar-refractivity contribution is 0.237. The van der Waals surface area contributed by atoms with Crippen molar-refractivity contribution in [3.63, 3.8) is 0 Å². The topological polar surface area (TPSA) is 80.3 Å². The minimum atomic E-state index is -0.197. The molecule has 0 aliphatic rings. The van der Waals surface area contributed by atoms with Gasteiger partial charge in [0.2, 0.25) is 0 Å². The van der Waals surface area contributed by atoms with E-state index in [1.54, 1.807) is 0 Å². The van der Waals surface area contributed by atoms with Crippen molar-refractivity contribution in [1.82, 2.24) is 15.8 Å². The fourth-order valence-corrected chi connectivity index (χ4v) is 2.46. The second-order valence-corrected chi connectivity index (χ2v) is 5.67.